The van der Waals surface area contributed by atoms with Crippen LogP contribution >= 0.6 is 0 Å². The molecule has 1 aromatic heterocycles. The summed E-state index contributed by atoms with van der Waals surface area (Å²) in [4.78, 5) is 2.63. The molecule has 0 aromatic carbocycles. The van der Waals surface area contributed by atoms with Gasteiger partial charge in [0.15, 0.2) is 0 Å². The Morgan fingerprint density at radius 2 is 1.88 bits per heavy atom. The summed E-state index contributed by atoms with van der Waals surface area (Å²) in [6.07, 6.45) is 7.08. The Balaban J connectivity index is 1.92. The molecule has 2 heteroatoms. The molecule has 0 amide bonds. The molecule has 1 aromatic rings. The van der Waals surface area contributed by atoms with Gasteiger partial charge in [-0.3, -0.25) is 4.90 Å². The van der Waals surface area contributed by atoms with Gasteiger partial charge in [0.2, 0.25) is 0 Å². The molecule has 0 N–H and O–H groups in total. The normalized spacial score (nSPS) is 23.6. The quantitative estimate of drug-likeness (QED) is 0.744. The lowest BCUT2D eigenvalue weighted by Crippen LogP contribution is -2.47. The number of piperidine rings is 1. The Labute approximate surface area is 99.3 Å². The molecule has 1 aliphatic heterocycles. The van der Waals surface area contributed by atoms with Crippen molar-refractivity contribution >= 4 is 0 Å². The molecule has 1 aliphatic rings. The Kier molecular flexibility index (Phi) is 3.38. The van der Waals surface area contributed by atoms with Crippen LogP contribution in [0.15, 0.2) is 24.5 Å². The van der Waals surface area contributed by atoms with Gasteiger partial charge in [-0.05, 0) is 58.2 Å². The smallest absolute Gasteiger partial charge is 0.0260 e. The molecule has 0 bridgehead atoms. The van der Waals surface area contributed by atoms with E-state index in [2.05, 4.69) is 54.8 Å². The van der Waals surface area contributed by atoms with Crippen LogP contribution in [0.4, 0.5) is 0 Å². The van der Waals surface area contributed by atoms with E-state index in [0.29, 0.717) is 5.54 Å². The fourth-order valence-corrected chi connectivity index (χ4v) is 2.61. The van der Waals surface area contributed by atoms with Crippen molar-refractivity contribution in [3.05, 3.63) is 24.5 Å². The second-order valence-electron chi connectivity index (χ2n) is 6.00. The average molecular weight is 220 g/mol. The van der Waals surface area contributed by atoms with E-state index in [1.54, 1.807) is 0 Å². The number of likely N-dealkylation sites (tertiary alicyclic amines) is 1. The molecular weight excluding hydrogens is 196 g/mol. The summed E-state index contributed by atoms with van der Waals surface area (Å²) in [5.41, 5.74) is 0.329. The lowest BCUT2D eigenvalue weighted by Gasteiger charge is -2.41. The first-order chi connectivity index (χ1) is 7.55. The van der Waals surface area contributed by atoms with Crippen LogP contribution in [-0.2, 0) is 6.54 Å². The van der Waals surface area contributed by atoms with Crippen molar-refractivity contribution in [1.29, 1.82) is 0 Å². The van der Waals surface area contributed by atoms with Crippen LogP contribution in [0.1, 0.15) is 33.6 Å². The van der Waals surface area contributed by atoms with Gasteiger partial charge < -0.3 is 4.57 Å². The fourth-order valence-electron chi connectivity index (χ4n) is 2.61. The van der Waals surface area contributed by atoms with Crippen LogP contribution in [-0.4, -0.2) is 28.1 Å². The molecule has 90 valence electrons. The van der Waals surface area contributed by atoms with E-state index >= 15 is 0 Å². The summed E-state index contributed by atoms with van der Waals surface area (Å²) >= 11 is 0. The second kappa shape index (κ2) is 4.62. The molecule has 16 heavy (non-hydrogen) atoms. The maximum Gasteiger partial charge on any atom is 0.0260 e. The summed E-state index contributed by atoms with van der Waals surface area (Å²) in [6, 6.07) is 4.23. The predicted octanol–water partition coefficient (Wildman–Crippen LogP) is 3.00. The number of nitrogens with zero attached hydrogens (tertiary/aromatic N) is 2. The average Bonchev–Trinajstić information content (AvgIpc) is 2.70. The monoisotopic (exact) mass is 220 g/mol. The number of hydrogen-bond donors (Lipinski definition) is 0. The first-order valence-corrected chi connectivity index (χ1v) is 6.41. The van der Waals surface area contributed by atoms with Gasteiger partial charge in [-0.2, -0.15) is 0 Å². The summed E-state index contributed by atoms with van der Waals surface area (Å²) in [5.74, 6) is 0.820. The molecular formula is C14H24N2. The highest BCUT2D eigenvalue weighted by molar-refractivity contribution is 4.91. The lowest BCUT2D eigenvalue weighted by molar-refractivity contribution is 0.0734. The van der Waals surface area contributed by atoms with Gasteiger partial charge in [0.1, 0.15) is 0 Å². The molecule has 1 atom stereocenters. The molecule has 2 heterocycles. The Morgan fingerprint density at radius 3 is 2.50 bits per heavy atom. The largest absolute Gasteiger partial charge is 0.354 e. The summed E-state index contributed by atoms with van der Waals surface area (Å²) in [5, 5.41) is 0. The van der Waals surface area contributed by atoms with Crippen LogP contribution in [0.3, 0.4) is 0 Å². The van der Waals surface area contributed by atoms with Crippen molar-refractivity contribution in [1.82, 2.24) is 9.47 Å². The molecule has 0 aliphatic carbocycles. The molecule has 0 spiro atoms. The number of aromatic nitrogens is 1. The van der Waals surface area contributed by atoms with Gasteiger partial charge in [-0.1, -0.05) is 0 Å². The van der Waals surface area contributed by atoms with Gasteiger partial charge in [0, 0.05) is 31.0 Å². The second-order valence-corrected chi connectivity index (χ2v) is 6.00. The molecule has 0 unspecified atom stereocenters. The van der Waals surface area contributed by atoms with Crippen LogP contribution in [0.2, 0.25) is 0 Å². The zero-order valence-corrected chi connectivity index (χ0v) is 10.8. The molecule has 1 fully saturated rings. The highest BCUT2D eigenvalue weighted by Crippen LogP contribution is 2.24. The molecule has 2 rings (SSSR count). The minimum Gasteiger partial charge on any atom is -0.354 e. The SMILES string of the molecule is CC(C)(C)N1CCC[C@@H](Cn2cccc2)C1. The van der Waals surface area contributed by atoms with E-state index < -0.39 is 0 Å². The maximum absolute atomic E-state index is 2.63. The zero-order chi connectivity index (χ0) is 11.6. The number of rotatable bonds is 2. The third-order valence-electron chi connectivity index (χ3n) is 3.60. The topological polar surface area (TPSA) is 8.17 Å². The van der Waals surface area contributed by atoms with Gasteiger partial charge in [-0.25, -0.2) is 0 Å². The van der Waals surface area contributed by atoms with E-state index in [1.165, 1.54) is 32.5 Å². The van der Waals surface area contributed by atoms with Crippen molar-refractivity contribution in [3.63, 3.8) is 0 Å². The minimum atomic E-state index is 0.329. The first kappa shape index (κ1) is 11.7. The van der Waals surface area contributed by atoms with E-state index in [-0.39, 0.29) is 0 Å². The van der Waals surface area contributed by atoms with E-state index in [0.717, 1.165) is 5.92 Å². The van der Waals surface area contributed by atoms with Crippen molar-refractivity contribution in [2.24, 2.45) is 5.92 Å². The molecule has 1 saturated heterocycles. The lowest BCUT2D eigenvalue weighted by atomic mass is 9.93. The zero-order valence-electron chi connectivity index (χ0n) is 10.8. The summed E-state index contributed by atoms with van der Waals surface area (Å²) < 4.78 is 2.32. The van der Waals surface area contributed by atoms with Gasteiger partial charge in [-0.15, -0.1) is 0 Å². The highest BCUT2D eigenvalue weighted by atomic mass is 15.2. The minimum absolute atomic E-state index is 0.329. The van der Waals surface area contributed by atoms with Crippen LogP contribution in [0.5, 0.6) is 0 Å². The third-order valence-corrected chi connectivity index (χ3v) is 3.60. The highest BCUT2D eigenvalue weighted by Gasteiger charge is 2.27. The van der Waals surface area contributed by atoms with E-state index in [9.17, 15) is 0 Å². The third kappa shape index (κ3) is 2.88. The van der Waals surface area contributed by atoms with Crippen molar-refractivity contribution in [3.8, 4) is 0 Å². The van der Waals surface area contributed by atoms with E-state index in [1.807, 2.05) is 0 Å². The van der Waals surface area contributed by atoms with E-state index in [4.69, 9.17) is 0 Å². The van der Waals surface area contributed by atoms with Gasteiger partial charge in [0.25, 0.3) is 0 Å². The van der Waals surface area contributed by atoms with Crippen LogP contribution < -0.4 is 0 Å². The van der Waals surface area contributed by atoms with Gasteiger partial charge in [0.05, 0.1) is 0 Å². The van der Waals surface area contributed by atoms with Gasteiger partial charge >= 0.3 is 0 Å². The molecule has 0 saturated carbocycles. The summed E-state index contributed by atoms with van der Waals surface area (Å²) in [7, 11) is 0. The Morgan fingerprint density at radius 1 is 1.19 bits per heavy atom. The fraction of sp³-hybridized carbons (Fsp3) is 0.714. The first-order valence-electron chi connectivity index (χ1n) is 6.41. The van der Waals surface area contributed by atoms with Crippen molar-refractivity contribution in [2.45, 2.75) is 45.7 Å². The Bertz CT molecular complexity index is 308. The van der Waals surface area contributed by atoms with Crippen molar-refractivity contribution in [2.75, 3.05) is 13.1 Å². The standard InChI is InChI=1S/C14H24N2/c1-14(2,3)16-10-6-7-13(12-16)11-15-8-4-5-9-15/h4-5,8-9,13H,6-7,10-12H2,1-3H3/t13-/m0/s1. The Hall–Kier alpha value is -0.760. The van der Waals surface area contributed by atoms with Crippen LogP contribution in [0, 0.1) is 5.92 Å². The van der Waals surface area contributed by atoms with Crippen LogP contribution in [0.25, 0.3) is 0 Å². The molecule has 0 radical (unpaired) electrons. The molecule has 2 nitrogen and oxygen atoms in total. The maximum atomic E-state index is 2.63. The van der Waals surface area contributed by atoms with Crippen molar-refractivity contribution < 1.29 is 0 Å². The number of hydrogen-bond acceptors (Lipinski definition) is 1. The summed E-state index contributed by atoms with van der Waals surface area (Å²) in [6.45, 7) is 10.7. The predicted molar refractivity (Wildman–Crippen MR) is 68.5 cm³/mol.